The Bertz CT molecular complexity index is 1560. The molecule has 9 heteroatoms. The van der Waals surface area contributed by atoms with Gasteiger partial charge in [0.15, 0.2) is 5.88 Å². The zero-order chi connectivity index (χ0) is 29.5. The summed E-state index contributed by atoms with van der Waals surface area (Å²) in [6.07, 6.45) is 1.54. The van der Waals surface area contributed by atoms with Crippen molar-refractivity contribution in [1.82, 2.24) is 9.88 Å². The van der Waals surface area contributed by atoms with Gasteiger partial charge in [0, 0.05) is 36.5 Å². The molecule has 2 N–H and O–H groups in total. The number of rotatable bonds is 11. The summed E-state index contributed by atoms with van der Waals surface area (Å²) < 4.78 is 18.7. The van der Waals surface area contributed by atoms with Crippen molar-refractivity contribution in [3.63, 3.8) is 0 Å². The quantitative estimate of drug-likeness (QED) is 0.185. The van der Waals surface area contributed by atoms with Crippen LogP contribution in [0.4, 0.5) is 15.8 Å². The van der Waals surface area contributed by atoms with Gasteiger partial charge >= 0.3 is 5.97 Å². The Balaban J connectivity index is 1.75. The number of carbonyl (C=O) groups is 2. The molecule has 0 saturated carbocycles. The van der Waals surface area contributed by atoms with Crippen LogP contribution in [0.5, 0.6) is 5.88 Å². The Morgan fingerprint density at radius 2 is 1.78 bits per heavy atom. The topological polar surface area (TPSA) is 98.2 Å². The van der Waals surface area contributed by atoms with Crippen LogP contribution in [-0.2, 0) is 20.7 Å². The van der Waals surface area contributed by atoms with Gasteiger partial charge in [0.1, 0.15) is 5.82 Å². The molecule has 0 bridgehead atoms. The highest BCUT2D eigenvalue weighted by molar-refractivity contribution is 6.22. The number of ether oxygens (including phenoxy) is 1. The predicted octanol–water partition coefficient (Wildman–Crippen LogP) is 5.59. The first-order chi connectivity index (χ1) is 19.7. The highest BCUT2D eigenvalue weighted by Gasteiger charge is 2.20. The number of halogens is 1. The van der Waals surface area contributed by atoms with Gasteiger partial charge in [-0.25, -0.2) is 9.38 Å². The number of H-pyrrole nitrogens is 1. The maximum atomic E-state index is 14.0. The lowest BCUT2D eigenvalue weighted by molar-refractivity contribution is -0.140. The Morgan fingerprint density at radius 1 is 1.02 bits per heavy atom. The average Bonchev–Trinajstić information content (AvgIpc) is 3.27. The molecule has 4 rings (SSSR count). The molecule has 0 aliphatic carbocycles. The summed E-state index contributed by atoms with van der Waals surface area (Å²) in [6.45, 7) is 3.02. The molecule has 1 heterocycles. The first-order valence-electron chi connectivity index (χ1n) is 13.4. The molecule has 41 heavy (non-hydrogen) atoms. The van der Waals surface area contributed by atoms with Crippen molar-refractivity contribution in [3.05, 3.63) is 89.2 Å². The number of fused-ring (bicyclic) bond motifs is 1. The summed E-state index contributed by atoms with van der Waals surface area (Å²) in [5, 5.41) is 11.6. The fraction of sp³-hybridized carbons (Fsp3) is 0.281. The number of aromatic hydroxyl groups is 1. The van der Waals surface area contributed by atoms with Crippen molar-refractivity contribution in [3.8, 4) is 5.88 Å². The number of benzene rings is 3. The van der Waals surface area contributed by atoms with Gasteiger partial charge < -0.3 is 24.6 Å². The molecule has 0 spiro atoms. The number of esters is 1. The minimum absolute atomic E-state index is 0.0413. The molecular weight excluding hydrogens is 523 g/mol. The lowest BCUT2D eigenvalue weighted by Crippen LogP contribution is -2.31. The number of hydrogen-bond acceptors (Lipinski definition) is 6. The van der Waals surface area contributed by atoms with Crippen LogP contribution >= 0.6 is 0 Å². The van der Waals surface area contributed by atoms with E-state index in [0.717, 1.165) is 24.2 Å². The largest absolute Gasteiger partial charge is 0.494 e. The number of aryl methyl sites for hydroxylation is 1. The molecule has 0 atom stereocenters. The maximum Gasteiger partial charge on any atom is 0.305 e. The van der Waals surface area contributed by atoms with Crippen molar-refractivity contribution in [1.29, 1.82) is 0 Å². The van der Waals surface area contributed by atoms with Gasteiger partial charge in [-0.1, -0.05) is 18.2 Å². The second-order valence-corrected chi connectivity index (χ2v) is 10.1. The number of hydrogen-bond donors (Lipinski definition) is 2. The van der Waals surface area contributed by atoms with Gasteiger partial charge in [-0.3, -0.25) is 9.59 Å². The highest BCUT2D eigenvalue weighted by Crippen LogP contribution is 2.32. The number of aromatic amines is 1. The molecule has 1 amide bonds. The summed E-state index contributed by atoms with van der Waals surface area (Å²) in [6, 6.07) is 19.2. The van der Waals surface area contributed by atoms with E-state index >= 15 is 0 Å². The van der Waals surface area contributed by atoms with Crippen LogP contribution in [0.3, 0.4) is 0 Å². The van der Waals surface area contributed by atoms with Gasteiger partial charge in [-0.05, 0) is 87.6 Å². The first kappa shape index (κ1) is 29.5. The Kier molecular flexibility index (Phi) is 9.52. The number of amides is 1. The number of methoxy groups -OCH3 is 1. The zero-order valence-electron chi connectivity index (χ0n) is 23.8. The Labute approximate surface area is 239 Å². The van der Waals surface area contributed by atoms with Crippen molar-refractivity contribution >= 4 is 39.9 Å². The van der Waals surface area contributed by atoms with Crippen LogP contribution in [-0.4, -0.2) is 66.9 Å². The van der Waals surface area contributed by atoms with Crippen molar-refractivity contribution in [2.24, 2.45) is 4.99 Å². The fourth-order valence-electron chi connectivity index (χ4n) is 4.73. The summed E-state index contributed by atoms with van der Waals surface area (Å²) in [4.78, 5) is 35.7. The normalized spacial score (nSPS) is 11.7. The predicted molar refractivity (Wildman–Crippen MR) is 160 cm³/mol. The summed E-state index contributed by atoms with van der Waals surface area (Å²) in [5.74, 6) is -0.906. The summed E-state index contributed by atoms with van der Waals surface area (Å²) >= 11 is 0. The van der Waals surface area contributed by atoms with Gasteiger partial charge in [-0.2, -0.15) is 0 Å². The number of nitrogens with zero attached hydrogens (tertiary/aromatic N) is 3. The van der Waals surface area contributed by atoms with Crippen molar-refractivity contribution < 1.29 is 23.8 Å². The second kappa shape index (κ2) is 13.2. The number of carbonyl (C=O) groups excluding carboxylic acids is 2. The minimum atomic E-state index is -0.426. The monoisotopic (exact) mass is 558 g/mol. The van der Waals surface area contributed by atoms with Crippen LogP contribution < -0.4 is 4.90 Å². The Morgan fingerprint density at radius 3 is 2.46 bits per heavy atom. The van der Waals surface area contributed by atoms with Gasteiger partial charge in [0.05, 0.1) is 29.6 Å². The average molecular weight is 559 g/mol. The molecule has 4 aromatic rings. The van der Waals surface area contributed by atoms with Crippen LogP contribution in [0, 0.1) is 5.82 Å². The third-order valence-corrected chi connectivity index (χ3v) is 6.79. The number of aromatic nitrogens is 1. The molecule has 0 aliphatic heterocycles. The van der Waals surface area contributed by atoms with Crippen molar-refractivity contribution in [2.45, 2.75) is 26.2 Å². The summed E-state index contributed by atoms with van der Waals surface area (Å²) in [5.41, 5.74) is 4.34. The first-order valence-corrected chi connectivity index (χ1v) is 13.4. The third kappa shape index (κ3) is 7.37. The van der Waals surface area contributed by atoms with Gasteiger partial charge in [0.25, 0.3) is 0 Å². The maximum absolute atomic E-state index is 14.0. The van der Waals surface area contributed by atoms with E-state index < -0.39 is 5.82 Å². The molecule has 3 aromatic carbocycles. The van der Waals surface area contributed by atoms with E-state index in [9.17, 15) is 19.1 Å². The number of aliphatic imine (C=N–C) groups is 1. The molecule has 0 unspecified atom stereocenters. The van der Waals surface area contributed by atoms with Gasteiger partial charge in [0.2, 0.25) is 5.91 Å². The molecular formula is C32H35FN4O4. The Hall–Kier alpha value is -4.50. The molecule has 1 aromatic heterocycles. The standard InChI is InChI=1S/C32H35FN4O4/c1-21(38)37(18-6-17-36(2)3)26-13-11-25(12-14-26)34-31(23-8-5-7-22(19-23)9-16-29(39)41-4)30-27-15-10-24(33)20-28(27)35-32(30)40/h5,7-8,10-15,19-20,35,40H,6,9,16-18H2,1-4H3. The molecule has 0 saturated heterocycles. The smallest absolute Gasteiger partial charge is 0.305 e. The van der Waals surface area contributed by atoms with Crippen LogP contribution in [0.1, 0.15) is 36.5 Å². The SMILES string of the molecule is COC(=O)CCc1cccc(C(=Nc2ccc(N(CCCN(C)C)C(C)=O)cc2)c2c(O)[nH]c3cc(F)ccc23)c1. The zero-order valence-corrected chi connectivity index (χ0v) is 23.8. The number of nitrogens with one attached hydrogen (secondary N) is 1. The lowest BCUT2D eigenvalue weighted by Gasteiger charge is -2.22. The van der Waals surface area contributed by atoms with Crippen molar-refractivity contribution in [2.75, 3.05) is 39.2 Å². The van der Waals surface area contributed by atoms with Gasteiger partial charge in [-0.15, -0.1) is 0 Å². The molecule has 0 fully saturated rings. The fourth-order valence-corrected chi connectivity index (χ4v) is 4.73. The third-order valence-electron chi connectivity index (χ3n) is 6.79. The lowest BCUT2D eigenvalue weighted by atomic mass is 9.97. The van der Waals surface area contributed by atoms with E-state index in [1.54, 1.807) is 17.9 Å². The molecule has 214 valence electrons. The van der Waals surface area contributed by atoms with E-state index in [2.05, 4.69) is 9.88 Å². The van der Waals surface area contributed by atoms with E-state index in [-0.39, 0.29) is 24.2 Å². The van der Waals surface area contributed by atoms with E-state index in [1.807, 2.05) is 62.6 Å². The summed E-state index contributed by atoms with van der Waals surface area (Å²) in [7, 11) is 5.36. The van der Waals surface area contributed by atoms with Crippen LogP contribution in [0.2, 0.25) is 0 Å². The second-order valence-electron chi connectivity index (χ2n) is 10.1. The molecule has 0 aliphatic rings. The number of anilines is 1. The highest BCUT2D eigenvalue weighted by atomic mass is 19.1. The van der Waals surface area contributed by atoms with E-state index in [4.69, 9.17) is 9.73 Å². The van der Waals surface area contributed by atoms with E-state index in [1.165, 1.54) is 19.2 Å². The van der Waals surface area contributed by atoms with Crippen LogP contribution in [0.15, 0.2) is 71.7 Å². The van der Waals surface area contributed by atoms with E-state index in [0.29, 0.717) is 46.4 Å². The molecule has 8 nitrogen and oxygen atoms in total. The minimum Gasteiger partial charge on any atom is -0.494 e. The van der Waals surface area contributed by atoms with Crippen LogP contribution in [0.25, 0.3) is 10.9 Å². The molecule has 0 radical (unpaired) electrons.